The summed E-state index contributed by atoms with van der Waals surface area (Å²) >= 11 is 0. The van der Waals surface area contributed by atoms with E-state index in [4.69, 9.17) is 0 Å². The lowest BCUT2D eigenvalue weighted by molar-refractivity contribution is 0.0619. The van der Waals surface area contributed by atoms with Crippen molar-refractivity contribution in [3.63, 3.8) is 0 Å². The van der Waals surface area contributed by atoms with Crippen LogP contribution in [0.2, 0.25) is 0 Å². The molecule has 0 unspecified atom stereocenters. The maximum absolute atomic E-state index is 3.59. The minimum absolute atomic E-state index is 0.936. The summed E-state index contributed by atoms with van der Waals surface area (Å²) in [5, 5.41) is 3.59. The molecular formula is C15H30N2. The summed E-state index contributed by atoms with van der Waals surface area (Å²) in [6.07, 6.45) is 11.5. The first-order chi connectivity index (χ1) is 8.42. The van der Waals surface area contributed by atoms with Crippen molar-refractivity contribution in [3.8, 4) is 0 Å². The van der Waals surface area contributed by atoms with Gasteiger partial charge in [-0.3, -0.25) is 4.90 Å². The second-order valence-electron chi connectivity index (χ2n) is 5.89. The molecule has 2 rings (SSSR count). The van der Waals surface area contributed by atoms with Crippen LogP contribution in [0.1, 0.15) is 58.3 Å². The maximum Gasteiger partial charge on any atom is 0.0124 e. The van der Waals surface area contributed by atoms with E-state index in [2.05, 4.69) is 17.1 Å². The zero-order chi connectivity index (χ0) is 11.9. The highest BCUT2D eigenvalue weighted by atomic mass is 15.2. The molecule has 2 heteroatoms. The van der Waals surface area contributed by atoms with E-state index in [1.165, 1.54) is 77.5 Å². The largest absolute Gasteiger partial charge is 0.315 e. The quantitative estimate of drug-likeness (QED) is 0.716. The van der Waals surface area contributed by atoms with Gasteiger partial charge in [-0.05, 0) is 51.1 Å². The van der Waals surface area contributed by atoms with E-state index in [1.54, 1.807) is 0 Å². The highest BCUT2D eigenvalue weighted by Gasteiger charge is 2.32. The van der Waals surface area contributed by atoms with E-state index < -0.39 is 0 Å². The highest BCUT2D eigenvalue weighted by molar-refractivity contribution is 4.87. The minimum Gasteiger partial charge on any atom is -0.315 e. The van der Waals surface area contributed by atoms with Crippen molar-refractivity contribution in [2.75, 3.05) is 26.2 Å². The van der Waals surface area contributed by atoms with E-state index in [0.717, 1.165) is 12.0 Å². The fourth-order valence-corrected chi connectivity index (χ4v) is 3.65. The third-order valence-corrected chi connectivity index (χ3v) is 4.64. The summed E-state index contributed by atoms with van der Waals surface area (Å²) in [6, 6.07) is 0.936. The standard InChI is InChI=1S/C15H30N2/c1-2-3-10-16-11-13-17-12-6-8-14-7-4-5-9-15(14)17/h14-16H,2-13H2,1H3/t14-,15-/m1/s1. The molecule has 1 saturated carbocycles. The van der Waals surface area contributed by atoms with Crippen molar-refractivity contribution in [3.05, 3.63) is 0 Å². The molecule has 1 aliphatic carbocycles. The summed E-state index contributed by atoms with van der Waals surface area (Å²) in [4.78, 5) is 2.78. The van der Waals surface area contributed by atoms with Gasteiger partial charge in [-0.25, -0.2) is 0 Å². The lowest BCUT2D eigenvalue weighted by Gasteiger charge is -2.44. The lowest BCUT2D eigenvalue weighted by Crippen LogP contribution is -2.48. The molecule has 1 heterocycles. The van der Waals surface area contributed by atoms with Crippen LogP contribution in [0, 0.1) is 5.92 Å². The molecule has 2 fully saturated rings. The van der Waals surface area contributed by atoms with Gasteiger partial charge < -0.3 is 5.32 Å². The Hall–Kier alpha value is -0.0800. The van der Waals surface area contributed by atoms with Gasteiger partial charge in [-0.15, -0.1) is 0 Å². The molecule has 2 atom stereocenters. The Morgan fingerprint density at radius 1 is 1.06 bits per heavy atom. The van der Waals surface area contributed by atoms with E-state index in [0.29, 0.717) is 0 Å². The van der Waals surface area contributed by atoms with Gasteiger partial charge in [0.25, 0.3) is 0 Å². The van der Waals surface area contributed by atoms with E-state index in [-0.39, 0.29) is 0 Å². The van der Waals surface area contributed by atoms with Gasteiger partial charge in [0.15, 0.2) is 0 Å². The summed E-state index contributed by atoms with van der Waals surface area (Å²) in [5.74, 6) is 1.04. The molecule has 0 amide bonds. The summed E-state index contributed by atoms with van der Waals surface area (Å²) in [5.41, 5.74) is 0. The third kappa shape index (κ3) is 3.96. The first kappa shape index (κ1) is 13.4. The van der Waals surface area contributed by atoms with Gasteiger partial charge in [0.05, 0.1) is 0 Å². The molecule has 17 heavy (non-hydrogen) atoms. The number of piperidine rings is 1. The van der Waals surface area contributed by atoms with Gasteiger partial charge in [-0.1, -0.05) is 26.2 Å². The van der Waals surface area contributed by atoms with Crippen LogP contribution in [-0.2, 0) is 0 Å². The Kier molecular flexibility index (Phi) is 5.79. The van der Waals surface area contributed by atoms with Crippen LogP contribution < -0.4 is 5.32 Å². The SMILES string of the molecule is CCCCNCCN1CCC[C@H]2CCCC[C@H]21. The minimum atomic E-state index is 0.936. The van der Waals surface area contributed by atoms with Crippen LogP contribution in [0.25, 0.3) is 0 Å². The fourth-order valence-electron chi connectivity index (χ4n) is 3.65. The Morgan fingerprint density at radius 3 is 2.76 bits per heavy atom. The van der Waals surface area contributed by atoms with E-state index >= 15 is 0 Å². The van der Waals surface area contributed by atoms with Crippen molar-refractivity contribution < 1.29 is 0 Å². The number of rotatable bonds is 6. The van der Waals surface area contributed by atoms with Crippen molar-refractivity contribution in [2.24, 2.45) is 5.92 Å². The van der Waals surface area contributed by atoms with Crippen molar-refractivity contribution in [1.29, 1.82) is 0 Å². The fraction of sp³-hybridized carbons (Fsp3) is 1.00. The van der Waals surface area contributed by atoms with Crippen LogP contribution in [0.3, 0.4) is 0 Å². The second kappa shape index (κ2) is 7.38. The molecule has 100 valence electrons. The normalized spacial score (nSPS) is 30.2. The molecule has 1 aliphatic heterocycles. The predicted octanol–water partition coefficient (Wildman–Crippen LogP) is 3.03. The summed E-state index contributed by atoms with van der Waals surface area (Å²) < 4.78 is 0. The number of hydrogen-bond donors (Lipinski definition) is 1. The number of fused-ring (bicyclic) bond motifs is 1. The molecule has 0 aromatic heterocycles. The Balaban J connectivity index is 1.67. The highest BCUT2D eigenvalue weighted by Crippen LogP contribution is 2.34. The first-order valence-electron chi connectivity index (χ1n) is 7.86. The zero-order valence-electron chi connectivity index (χ0n) is 11.6. The number of nitrogens with one attached hydrogen (secondary N) is 1. The van der Waals surface area contributed by atoms with Crippen LogP contribution >= 0.6 is 0 Å². The Bertz CT molecular complexity index is 203. The number of likely N-dealkylation sites (tertiary alicyclic amines) is 1. The lowest BCUT2D eigenvalue weighted by atomic mass is 9.78. The predicted molar refractivity (Wildman–Crippen MR) is 74.3 cm³/mol. The van der Waals surface area contributed by atoms with Crippen LogP contribution in [-0.4, -0.2) is 37.1 Å². The van der Waals surface area contributed by atoms with Crippen molar-refractivity contribution in [1.82, 2.24) is 10.2 Å². The van der Waals surface area contributed by atoms with E-state index in [1.807, 2.05) is 0 Å². The number of unbranched alkanes of at least 4 members (excludes halogenated alkanes) is 1. The summed E-state index contributed by atoms with van der Waals surface area (Å²) in [6.45, 7) is 7.31. The molecule has 1 saturated heterocycles. The van der Waals surface area contributed by atoms with Gasteiger partial charge in [0.2, 0.25) is 0 Å². The third-order valence-electron chi connectivity index (χ3n) is 4.64. The second-order valence-corrected chi connectivity index (χ2v) is 5.89. The van der Waals surface area contributed by atoms with E-state index in [9.17, 15) is 0 Å². The zero-order valence-corrected chi connectivity index (χ0v) is 11.6. The molecule has 0 spiro atoms. The molecule has 2 nitrogen and oxygen atoms in total. The van der Waals surface area contributed by atoms with Gasteiger partial charge >= 0.3 is 0 Å². The van der Waals surface area contributed by atoms with Crippen molar-refractivity contribution >= 4 is 0 Å². The Morgan fingerprint density at radius 2 is 1.88 bits per heavy atom. The molecular weight excluding hydrogens is 208 g/mol. The average Bonchev–Trinajstić information content (AvgIpc) is 2.39. The molecule has 0 aromatic rings. The number of hydrogen-bond acceptors (Lipinski definition) is 2. The topological polar surface area (TPSA) is 15.3 Å². The molecule has 0 aromatic carbocycles. The van der Waals surface area contributed by atoms with Gasteiger partial charge in [-0.2, -0.15) is 0 Å². The molecule has 1 N–H and O–H groups in total. The smallest absolute Gasteiger partial charge is 0.0124 e. The summed E-state index contributed by atoms with van der Waals surface area (Å²) in [7, 11) is 0. The monoisotopic (exact) mass is 238 g/mol. The van der Waals surface area contributed by atoms with Gasteiger partial charge in [0.1, 0.15) is 0 Å². The van der Waals surface area contributed by atoms with Crippen molar-refractivity contribution in [2.45, 2.75) is 64.3 Å². The first-order valence-corrected chi connectivity index (χ1v) is 7.86. The van der Waals surface area contributed by atoms with Crippen LogP contribution in [0.4, 0.5) is 0 Å². The van der Waals surface area contributed by atoms with Gasteiger partial charge in [0, 0.05) is 19.1 Å². The maximum atomic E-state index is 3.59. The van der Waals surface area contributed by atoms with Crippen LogP contribution in [0.15, 0.2) is 0 Å². The Labute approximate surface area is 107 Å². The molecule has 0 radical (unpaired) electrons. The molecule has 0 bridgehead atoms. The number of nitrogens with zero attached hydrogens (tertiary/aromatic N) is 1. The molecule has 2 aliphatic rings. The van der Waals surface area contributed by atoms with Crippen LogP contribution in [0.5, 0.6) is 0 Å². The average molecular weight is 238 g/mol.